The fourth-order valence-electron chi connectivity index (χ4n) is 1.68. The highest BCUT2D eigenvalue weighted by atomic mass is 32.2. The van der Waals surface area contributed by atoms with Crippen LogP contribution in [0.4, 0.5) is 0 Å². The maximum atomic E-state index is 11.8. The van der Waals surface area contributed by atoms with Crippen LogP contribution in [0.2, 0.25) is 0 Å². The summed E-state index contributed by atoms with van der Waals surface area (Å²) in [6.45, 7) is 11.7. The second-order valence-electron chi connectivity index (χ2n) is 6.37. The lowest BCUT2D eigenvalue weighted by Gasteiger charge is -2.19. The van der Waals surface area contributed by atoms with E-state index in [9.17, 15) is 4.79 Å². The minimum absolute atomic E-state index is 0.209. The molecule has 0 saturated carbocycles. The minimum Gasteiger partial charge on any atom is -0.459 e. The SMILES string of the molecule is CC(C)CNCc1cccnc1SCC(=O)OC(C)(C)C. The van der Waals surface area contributed by atoms with E-state index in [0.29, 0.717) is 5.92 Å². The number of hydrogen-bond donors (Lipinski definition) is 1. The van der Waals surface area contributed by atoms with E-state index in [1.54, 1.807) is 6.20 Å². The molecule has 0 aliphatic carbocycles. The molecule has 0 aliphatic rings. The average Bonchev–Trinajstić information content (AvgIpc) is 2.35. The third-order valence-corrected chi connectivity index (χ3v) is 3.49. The first-order valence-corrected chi connectivity index (χ1v) is 8.26. The fourth-order valence-corrected chi connectivity index (χ4v) is 2.46. The van der Waals surface area contributed by atoms with Crippen molar-refractivity contribution in [2.45, 2.75) is 51.8 Å². The quantitative estimate of drug-likeness (QED) is 0.619. The van der Waals surface area contributed by atoms with Crippen molar-refractivity contribution in [3.8, 4) is 0 Å². The summed E-state index contributed by atoms with van der Waals surface area (Å²) >= 11 is 1.43. The molecule has 1 rings (SSSR count). The topological polar surface area (TPSA) is 51.2 Å². The molecule has 0 aromatic carbocycles. The van der Waals surface area contributed by atoms with Gasteiger partial charge >= 0.3 is 5.97 Å². The molecule has 0 spiro atoms. The maximum Gasteiger partial charge on any atom is 0.316 e. The Bertz CT molecular complexity index is 456. The summed E-state index contributed by atoms with van der Waals surface area (Å²) < 4.78 is 5.31. The number of rotatable bonds is 7. The highest BCUT2D eigenvalue weighted by Gasteiger charge is 2.17. The lowest BCUT2D eigenvalue weighted by Crippen LogP contribution is -2.25. The van der Waals surface area contributed by atoms with Gasteiger partial charge in [-0.05, 0) is 44.9 Å². The Kier molecular flexibility index (Phi) is 7.18. The average molecular weight is 310 g/mol. The largest absolute Gasteiger partial charge is 0.459 e. The number of carbonyl (C=O) groups excluding carboxylic acids is 1. The molecule has 1 aromatic rings. The zero-order valence-electron chi connectivity index (χ0n) is 13.6. The Morgan fingerprint density at radius 3 is 2.76 bits per heavy atom. The maximum absolute atomic E-state index is 11.8. The van der Waals surface area contributed by atoms with Crippen molar-refractivity contribution in [2.24, 2.45) is 5.92 Å². The molecular formula is C16H26N2O2S. The molecule has 1 aromatic heterocycles. The summed E-state index contributed by atoms with van der Waals surface area (Å²) in [5.41, 5.74) is 0.676. The van der Waals surface area contributed by atoms with Crippen molar-refractivity contribution < 1.29 is 9.53 Å². The van der Waals surface area contributed by atoms with Crippen LogP contribution in [-0.4, -0.2) is 28.9 Å². The Balaban J connectivity index is 2.53. The van der Waals surface area contributed by atoms with E-state index >= 15 is 0 Å². The predicted octanol–water partition coefficient (Wildman–Crippen LogP) is 3.26. The molecule has 0 fully saturated rings. The van der Waals surface area contributed by atoms with Crippen LogP contribution >= 0.6 is 11.8 Å². The van der Waals surface area contributed by atoms with Crippen LogP contribution in [0.5, 0.6) is 0 Å². The molecule has 0 amide bonds. The number of thioether (sulfide) groups is 1. The molecule has 0 bridgehead atoms. The van der Waals surface area contributed by atoms with Crippen molar-refractivity contribution >= 4 is 17.7 Å². The molecule has 0 aliphatic heterocycles. The number of ether oxygens (including phenoxy) is 1. The predicted molar refractivity (Wildman–Crippen MR) is 87.4 cm³/mol. The first-order valence-electron chi connectivity index (χ1n) is 7.27. The van der Waals surface area contributed by atoms with Crippen LogP contribution in [-0.2, 0) is 16.1 Å². The fraction of sp³-hybridized carbons (Fsp3) is 0.625. The van der Waals surface area contributed by atoms with Crippen molar-refractivity contribution in [1.82, 2.24) is 10.3 Å². The van der Waals surface area contributed by atoms with Gasteiger partial charge in [0.1, 0.15) is 10.6 Å². The zero-order valence-corrected chi connectivity index (χ0v) is 14.4. The first kappa shape index (κ1) is 18.0. The number of nitrogens with zero attached hydrogens (tertiary/aromatic N) is 1. The van der Waals surface area contributed by atoms with E-state index in [2.05, 4.69) is 24.1 Å². The number of carbonyl (C=O) groups is 1. The van der Waals surface area contributed by atoms with Crippen LogP contribution in [0.15, 0.2) is 23.4 Å². The van der Waals surface area contributed by atoms with Gasteiger partial charge in [0.25, 0.3) is 0 Å². The Morgan fingerprint density at radius 1 is 1.43 bits per heavy atom. The van der Waals surface area contributed by atoms with E-state index < -0.39 is 5.60 Å². The lowest BCUT2D eigenvalue weighted by atomic mass is 10.2. The molecule has 0 unspecified atom stereocenters. The van der Waals surface area contributed by atoms with Crippen molar-refractivity contribution in [3.05, 3.63) is 23.9 Å². The summed E-state index contributed by atoms with van der Waals surface area (Å²) in [6, 6.07) is 3.96. The smallest absolute Gasteiger partial charge is 0.316 e. The van der Waals surface area contributed by atoms with Crippen LogP contribution < -0.4 is 5.32 Å². The van der Waals surface area contributed by atoms with Crippen LogP contribution in [0, 0.1) is 5.92 Å². The van der Waals surface area contributed by atoms with Crippen molar-refractivity contribution in [1.29, 1.82) is 0 Å². The van der Waals surface area contributed by atoms with Gasteiger partial charge in [-0.3, -0.25) is 4.79 Å². The number of aromatic nitrogens is 1. The Hall–Kier alpha value is -1.07. The van der Waals surface area contributed by atoms with Crippen LogP contribution in [0.3, 0.4) is 0 Å². The van der Waals surface area contributed by atoms with Gasteiger partial charge in [-0.25, -0.2) is 4.98 Å². The molecule has 118 valence electrons. The highest BCUT2D eigenvalue weighted by Crippen LogP contribution is 2.21. The van der Waals surface area contributed by atoms with Gasteiger partial charge in [0.15, 0.2) is 0 Å². The van der Waals surface area contributed by atoms with E-state index in [1.165, 1.54) is 11.8 Å². The summed E-state index contributed by atoms with van der Waals surface area (Å²) in [4.78, 5) is 16.1. The van der Waals surface area contributed by atoms with E-state index in [4.69, 9.17) is 4.74 Å². The van der Waals surface area contributed by atoms with Crippen LogP contribution in [0.1, 0.15) is 40.2 Å². The van der Waals surface area contributed by atoms with Gasteiger partial charge in [0.05, 0.1) is 5.75 Å². The number of esters is 1. The van der Waals surface area contributed by atoms with E-state index in [1.807, 2.05) is 32.9 Å². The van der Waals surface area contributed by atoms with Crippen molar-refractivity contribution in [2.75, 3.05) is 12.3 Å². The van der Waals surface area contributed by atoms with Gasteiger partial charge in [-0.15, -0.1) is 0 Å². The van der Waals surface area contributed by atoms with Gasteiger partial charge in [-0.1, -0.05) is 31.7 Å². The number of hydrogen-bond acceptors (Lipinski definition) is 5. The Labute approximate surface area is 132 Å². The van der Waals surface area contributed by atoms with E-state index in [-0.39, 0.29) is 11.7 Å². The molecule has 1 N–H and O–H groups in total. The summed E-state index contributed by atoms with van der Waals surface area (Å²) in [7, 11) is 0. The van der Waals surface area contributed by atoms with Crippen molar-refractivity contribution in [3.63, 3.8) is 0 Å². The van der Waals surface area contributed by atoms with Gasteiger partial charge < -0.3 is 10.1 Å². The molecule has 0 saturated heterocycles. The van der Waals surface area contributed by atoms with Gasteiger partial charge in [0, 0.05) is 12.7 Å². The second-order valence-corrected chi connectivity index (χ2v) is 7.33. The molecule has 21 heavy (non-hydrogen) atoms. The van der Waals surface area contributed by atoms with Gasteiger partial charge in [0.2, 0.25) is 0 Å². The van der Waals surface area contributed by atoms with Gasteiger partial charge in [-0.2, -0.15) is 0 Å². The zero-order chi connectivity index (χ0) is 15.9. The third kappa shape index (κ3) is 8.07. The lowest BCUT2D eigenvalue weighted by molar-refractivity contribution is -0.151. The summed E-state index contributed by atoms with van der Waals surface area (Å²) in [6.07, 6.45) is 1.75. The molecule has 4 nitrogen and oxygen atoms in total. The first-order chi connectivity index (χ1) is 9.78. The standard InChI is InChI=1S/C16H26N2O2S/c1-12(2)9-17-10-13-7-6-8-18-15(13)21-11-14(19)20-16(3,4)5/h6-8,12,17H,9-11H2,1-5H3. The summed E-state index contributed by atoms with van der Waals surface area (Å²) in [5.74, 6) is 0.685. The van der Waals surface area contributed by atoms with Crippen LogP contribution in [0.25, 0.3) is 0 Å². The molecule has 0 radical (unpaired) electrons. The van der Waals surface area contributed by atoms with E-state index in [0.717, 1.165) is 23.7 Å². The normalized spacial score (nSPS) is 11.7. The Morgan fingerprint density at radius 2 is 2.14 bits per heavy atom. The molecular weight excluding hydrogens is 284 g/mol. The second kappa shape index (κ2) is 8.39. The monoisotopic (exact) mass is 310 g/mol. The number of pyridine rings is 1. The minimum atomic E-state index is -0.441. The summed E-state index contributed by atoms with van der Waals surface area (Å²) in [5, 5.41) is 4.29. The molecule has 5 heteroatoms. The number of nitrogens with one attached hydrogen (secondary N) is 1. The third-order valence-electron chi connectivity index (χ3n) is 2.46. The molecule has 1 heterocycles. The highest BCUT2D eigenvalue weighted by molar-refractivity contribution is 7.99. The molecule has 0 atom stereocenters.